The van der Waals surface area contributed by atoms with Gasteiger partial charge in [-0.1, -0.05) is 29.3 Å². The molecular formula is C18H14Cl2F2N4S. The molecule has 1 aliphatic heterocycles. The van der Waals surface area contributed by atoms with Crippen molar-refractivity contribution in [1.82, 2.24) is 9.97 Å². The quantitative estimate of drug-likeness (QED) is 0.566. The lowest BCUT2D eigenvalue weighted by molar-refractivity contribution is 0.574. The number of aromatic nitrogens is 2. The van der Waals surface area contributed by atoms with Crippen LogP contribution in [0.3, 0.4) is 0 Å². The van der Waals surface area contributed by atoms with E-state index >= 15 is 0 Å². The number of benzene rings is 1. The molecule has 1 atom stereocenters. The van der Waals surface area contributed by atoms with Crippen LogP contribution in [-0.4, -0.2) is 16.5 Å². The molecule has 1 aromatic carbocycles. The Kier molecular flexibility index (Phi) is 5.16. The van der Waals surface area contributed by atoms with Crippen molar-refractivity contribution in [2.75, 3.05) is 17.2 Å². The predicted octanol–water partition coefficient (Wildman–Crippen LogP) is 5.49. The van der Waals surface area contributed by atoms with E-state index in [1.54, 1.807) is 6.20 Å². The number of rotatable bonds is 5. The van der Waals surface area contributed by atoms with Gasteiger partial charge in [-0.05, 0) is 18.6 Å². The van der Waals surface area contributed by atoms with Crippen molar-refractivity contribution in [3.05, 3.63) is 68.3 Å². The van der Waals surface area contributed by atoms with Crippen molar-refractivity contribution >= 4 is 45.5 Å². The third-order valence-corrected chi connectivity index (χ3v) is 6.03. The van der Waals surface area contributed by atoms with Gasteiger partial charge in [-0.25, -0.2) is 18.7 Å². The maximum atomic E-state index is 13.7. The van der Waals surface area contributed by atoms with Gasteiger partial charge in [0.25, 0.3) is 0 Å². The Bertz CT molecular complexity index is 995. The molecule has 0 radical (unpaired) electrons. The topological polar surface area (TPSA) is 49.8 Å². The lowest BCUT2D eigenvalue weighted by Gasteiger charge is -2.08. The monoisotopic (exact) mass is 426 g/mol. The highest BCUT2D eigenvalue weighted by atomic mass is 35.5. The van der Waals surface area contributed by atoms with Crippen molar-refractivity contribution in [1.29, 1.82) is 0 Å². The molecule has 0 fully saturated rings. The maximum Gasteiger partial charge on any atom is 0.184 e. The fourth-order valence-electron chi connectivity index (χ4n) is 3.02. The Morgan fingerprint density at radius 1 is 1.26 bits per heavy atom. The number of fused-ring (bicyclic) bond motifs is 1. The standard InChI is InChI=1S/C18H14Cl2F2N4S/c19-11-4-13-10(7-23-17(13)24-8-11)3-15-16(20)26-18(27-15)25-6-9-1-2-12(21)5-14(9)22/h1-2,4-5,8,10H,3,6-7H2,(H,23,24)(H,25,26). The van der Waals surface area contributed by atoms with Gasteiger partial charge in [-0.3, -0.25) is 0 Å². The molecule has 0 spiro atoms. The summed E-state index contributed by atoms with van der Waals surface area (Å²) in [5.74, 6) is -0.152. The third kappa shape index (κ3) is 4.00. The zero-order chi connectivity index (χ0) is 19.0. The van der Waals surface area contributed by atoms with Gasteiger partial charge in [0.2, 0.25) is 0 Å². The normalized spacial score (nSPS) is 15.5. The first-order valence-corrected chi connectivity index (χ1v) is 9.79. The van der Waals surface area contributed by atoms with Gasteiger partial charge in [0.05, 0.1) is 5.02 Å². The second-order valence-electron chi connectivity index (χ2n) is 6.20. The van der Waals surface area contributed by atoms with Crippen molar-refractivity contribution in [2.45, 2.75) is 18.9 Å². The number of anilines is 2. The summed E-state index contributed by atoms with van der Waals surface area (Å²) in [6.07, 6.45) is 2.32. The summed E-state index contributed by atoms with van der Waals surface area (Å²) in [4.78, 5) is 9.52. The van der Waals surface area contributed by atoms with Crippen LogP contribution >= 0.6 is 34.5 Å². The Morgan fingerprint density at radius 3 is 2.93 bits per heavy atom. The second-order valence-corrected chi connectivity index (χ2v) is 8.07. The van der Waals surface area contributed by atoms with Gasteiger partial charge < -0.3 is 10.6 Å². The summed E-state index contributed by atoms with van der Waals surface area (Å²) in [6.45, 7) is 0.948. The molecule has 1 aliphatic rings. The van der Waals surface area contributed by atoms with Crippen LogP contribution in [0.25, 0.3) is 0 Å². The molecule has 0 aliphatic carbocycles. The minimum absolute atomic E-state index is 0.197. The largest absolute Gasteiger partial charge is 0.369 e. The van der Waals surface area contributed by atoms with E-state index in [2.05, 4.69) is 20.6 Å². The maximum absolute atomic E-state index is 13.7. The van der Waals surface area contributed by atoms with Crippen LogP contribution in [0.5, 0.6) is 0 Å². The molecule has 27 heavy (non-hydrogen) atoms. The van der Waals surface area contributed by atoms with E-state index in [0.29, 0.717) is 27.3 Å². The highest BCUT2D eigenvalue weighted by molar-refractivity contribution is 7.16. The first-order chi connectivity index (χ1) is 13.0. The zero-order valence-corrected chi connectivity index (χ0v) is 16.2. The third-order valence-electron chi connectivity index (χ3n) is 4.37. The van der Waals surface area contributed by atoms with Crippen molar-refractivity contribution in [3.8, 4) is 0 Å². The Labute approximate surface area is 168 Å². The lowest BCUT2D eigenvalue weighted by Crippen LogP contribution is -2.04. The molecule has 1 unspecified atom stereocenters. The number of thiazole rings is 1. The first-order valence-electron chi connectivity index (χ1n) is 8.22. The van der Waals surface area contributed by atoms with Crippen LogP contribution in [0.1, 0.15) is 21.9 Å². The first kappa shape index (κ1) is 18.4. The van der Waals surface area contributed by atoms with Gasteiger partial charge >= 0.3 is 0 Å². The van der Waals surface area contributed by atoms with Gasteiger partial charge in [0.15, 0.2) is 5.13 Å². The van der Waals surface area contributed by atoms with Crippen LogP contribution in [0, 0.1) is 11.6 Å². The number of halogens is 4. The number of pyridine rings is 1. The number of hydrogen-bond acceptors (Lipinski definition) is 5. The van der Waals surface area contributed by atoms with E-state index < -0.39 is 11.6 Å². The molecule has 0 bridgehead atoms. The smallest absolute Gasteiger partial charge is 0.184 e. The van der Waals surface area contributed by atoms with Crippen molar-refractivity contribution in [2.24, 2.45) is 0 Å². The average molecular weight is 427 g/mol. The van der Waals surface area contributed by atoms with E-state index in [-0.39, 0.29) is 12.5 Å². The van der Waals surface area contributed by atoms with E-state index in [1.807, 2.05) is 6.07 Å². The fraction of sp³-hybridized carbons (Fsp3) is 0.222. The van der Waals surface area contributed by atoms with Gasteiger partial charge in [-0.15, -0.1) is 11.3 Å². The van der Waals surface area contributed by atoms with Gasteiger partial charge in [0, 0.05) is 47.3 Å². The molecule has 9 heteroatoms. The Morgan fingerprint density at radius 2 is 2.11 bits per heavy atom. The van der Waals surface area contributed by atoms with E-state index in [4.69, 9.17) is 23.2 Å². The highest BCUT2D eigenvalue weighted by Crippen LogP contribution is 2.37. The summed E-state index contributed by atoms with van der Waals surface area (Å²) in [5, 5.41) is 7.92. The number of nitrogens with zero attached hydrogens (tertiary/aromatic N) is 2. The predicted molar refractivity (Wildman–Crippen MR) is 105 cm³/mol. The molecule has 4 rings (SSSR count). The molecular weight excluding hydrogens is 413 g/mol. The van der Waals surface area contributed by atoms with E-state index in [0.717, 1.165) is 28.9 Å². The average Bonchev–Trinajstić information content (AvgIpc) is 3.18. The SMILES string of the molecule is Fc1ccc(CNc2nc(Cl)c(CC3CNc4ncc(Cl)cc43)s2)c(F)c1. The van der Waals surface area contributed by atoms with Gasteiger partial charge in [0.1, 0.15) is 22.6 Å². The number of hydrogen-bond donors (Lipinski definition) is 2. The zero-order valence-electron chi connectivity index (χ0n) is 13.9. The minimum atomic E-state index is -0.601. The summed E-state index contributed by atoms with van der Waals surface area (Å²) in [5.41, 5.74) is 1.42. The number of nitrogens with one attached hydrogen (secondary N) is 2. The minimum Gasteiger partial charge on any atom is -0.369 e. The van der Waals surface area contributed by atoms with Crippen LogP contribution in [-0.2, 0) is 13.0 Å². The summed E-state index contributed by atoms with van der Waals surface area (Å²) < 4.78 is 26.7. The summed E-state index contributed by atoms with van der Waals surface area (Å²) in [7, 11) is 0. The van der Waals surface area contributed by atoms with Crippen LogP contribution in [0.4, 0.5) is 19.7 Å². The Balaban J connectivity index is 1.46. The second kappa shape index (κ2) is 7.58. The van der Waals surface area contributed by atoms with E-state index in [9.17, 15) is 8.78 Å². The molecule has 140 valence electrons. The molecule has 0 saturated carbocycles. The molecule has 0 saturated heterocycles. The van der Waals surface area contributed by atoms with Crippen molar-refractivity contribution in [3.63, 3.8) is 0 Å². The fourth-order valence-corrected chi connectivity index (χ4v) is 4.44. The summed E-state index contributed by atoms with van der Waals surface area (Å²) in [6, 6.07) is 5.41. The molecule has 3 heterocycles. The van der Waals surface area contributed by atoms with E-state index in [1.165, 1.54) is 23.5 Å². The summed E-state index contributed by atoms with van der Waals surface area (Å²) >= 11 is 13.8. The molecule has 3 aromatic rings. The highest BCUT2D eigenvalue weighted by Gasteiger charge is 2.26. The van der Waals surface area contributed by atoms with Gasteiger partial charge in [-0.2, -0.15) is 0 Å². The molecule has 4 nitrogen and oxygen atoms in total. The lowest BCUT2D eigenvalue weighted by atomic mass is 9.99. The van der Waals surface area contributed by atoms with Crippen LogP contribution < -0.4 is 10.6 Å². The molecule has 2 N–H and O–H groups in total. The van der Waals surface area contributed by atoms with Crippen molar-refractivity contribution < 1.29 is 8.78 Å². The molecule has 0 amide bonds. The van der Waals surface area contributed by atoms with Crippen LogP contribution in [0.15, 0.2) is 30.5 Å². The Hall–Kier alpha value is -1.96. The van der Waals surface area contributed by atoms with Crippen LogP contribution in [0.2, 0.25) is 10.2 Å². The molecule has 2 aromatic heterocycles.